The molecule has 1 aliphatic heterocycles. The molecule has 0 radical (unpaired) electrons. The summed E-state index contributed by atoms with van der Waals surface area (Å²) in [5, 5.41) is 12.4. The number of ether oxygens (including phenoxy) is 1. The molecule has 8 nitrogen and oxygen atoms in total. The fourth-order valence-electron chi connectivity index (χ4n) is 3.91. The van der Waals surface area contributed by atoms with Gasteiger partial charge in [0.05, 0.1) is 35.7 Å². The van der Waals surface area contributed by atoms with E-state index in [1.807, 2.05) is 0 Å². The predicted molar refractivity (Wildman–Crippen MR) is 121 cm³/mol. The number of nitrogens with zero attached hydrogens (tertiary/aromatic N) is 3. The van der Waals surface area contributed by atoms with Crippen molar-refractivity contribution in [3.63, 3.8) is 0 Å². The maximum Gasteiger partial charge on any atom is 0.337 e. The van der Waals surface area contributed by atoms with Crippen molar-refractivity contribution >= 4 is 40.1 Å². The van der Waals surface area contributed by atoms with Crippen LogP contribution in [0.2, 0.25) is 5.02 Å². The number of nitrogens with one attached hydrogen (secondary N) is 1. The Morgan fingerprint density at radius 2 is 1.94 bits per heavy atom. The second kappa shape index (κ2) is 9.51. The minimum absolute atomic E-state index is 0.0376. The number of benzene rings is 2. The summed E-state index contributed by atoms with van der Waals surface area (Å²) in [6.07, 6.45) is 0. The molecule has 34 heavy (non-hydrogen) atoms. The van der Waals surface area contributed by atoms with E-state index in [1.54, 1.807) is 6.92 Å². The monoisotopic (exact) mass is 496 g/mol. The van der Waals surface area contributed by atoms with Crippen molar-refractivity contribution in [1.82, 2.24) is 9.55 Å². The first-order valence-corrected chi connectivity index (χ1v) is 10.7. The first-order chi connectivity index (χ1) is 16.2. The molecule has 12 heteroatoms. The van der Waals surface area contributed by atoms with Crippen LogP contribution in [0.5, 0.6) is 0 Å². The highest BCUT2D eigenvalue weighted by Crippen LogP contribution is 2.31. The first kappa shape index (κ1) is 23.8. The summed E-state index contributed by atoms with van der Waals surface area (Å²) in [7, 11) is 0. The van der Waals surface area contributed by atoms with Crippen molar-refractivity contribution in [3.05, 3.63) is 62.7 Å². The minimum atomic E-state index is -3.18. The van der Waals surface area contributed by atoms with Gasteiger partial charge in [-0.2, -0.15) is 8.78 Å². The number of hydrogen-bond acceptors (Lipinski definition) is 6. The van der Waals surface area contributed by atoms with Crippen molar-refractivity contribution in [2.45, 2.75) is 19.5 Å². The molecule has 0 amide bonds. The summed E-state index contributed by atoms with van der Waals surface area (Å²) in [5.74, 6) is -2.29. The summed E-state index contributed by atoms with van der Waals surface area (Å²) in [6, 6.07) is 5.47. The zero-order valence-electron chi connectivity index (χ0n) is 17.9. The number of carboxylic acid groups (broad SMARTS) is 1. The lowest BCUT2D eigenvalue weighted by Crippen LogP contribution is -2.41. The predicted octanol–water partition coefficient (Wildman–Crippen LogP) is 4.29. The highest BCUT2D eigenvalue weighted by molar-refractivity contribution is 6.31. The maximum absolute atomic E-state index is 14.5. The quantitative estimate of drug-likeness (QED) is 0.525. The van der Waals surface area contributed by atoms with Gasteiger partial charge in [0.2, 0.25) is 5.95 Å². The van der Waals surface area contributed by atoms with Gasteiger partial charge in [0.25, 0.3) is 5.56 Å². The largest absolute Gasteiger partial charge is 0.478 e. The molecule has 1 saturated heterocycles. The number of morpholine rings is 1. The third-order valence-electron chi connectivity index (χ3n) is 5.52. The summed E-state index contributed by atoms with van der Waals surface area (Å²) >= 11 is 5.90. The molecule has 0 aliphatic carbocycles. The third kappa shape index (κ3) is 4.53. The number of carboxylic acids is 1. The van der Waals surface area contributed by atoms with E-state index < -0.39 is 29.9 Å². The second-order valence-electron chi connectivity index (χ2n) is 7.72. The smallest absolute Gasteiger partial charge is 0.337 e. The molecule has 0 bridgehead atoms. The third-order valence-corrected chi connectivity index (χ3v) is 5.76. The van der Waals surface area contributed by atoms with E-state index in [0.717, 1.165) is 12.1 Å². The lowest BCUT2D eigenvalue weighted by Gasteiger charge is -2.30. The van der Waals surface area contributed by atoms with Crippen LogP contribution in [-0.2, 0) is 4.74 Å². The van der Waals surface area contributed by atoms with Crippen molar-refractivity contribution in [1.29, 1.82) is 0 Å². The van der Waals surface area contributed by atoms with Gasteiger partial charge in [-0.25, -0.2) is 18.7 Å². The van der Waals surface area contributed by atoms with Gasteiger partial charge in [0, 0.05) is 29.4 Å². The number of hydrogen-bond donors (Lipinski definition) is 2. The van der Waals surface area contributed by atoms with E-state index in [-0.39, 0.29) is 69.6 Å². The van der Waals surface area contributed by atoms with E-state index in [1.165, 1.54) is 23.1 Å². The van der Waals surface area contributed by atoms with E-state index in [9.17, 15) is 27.9 Å². The van der Waals surface area contributed by atoms with Gasteiger partial charge in [-0.05, 0) is 37.3 Å². The number of alkyl halides is 2. The van der Waals surface area contributed by atoms with Crippen LogP contribution in [0.3, 0.4) is 0 Å². The normalized spacial score (nSPS) is 15.1. The van der Waals surface area contributed by atoms with Gasteiger partial charge in [-0.3, -0.25) is 4.79 Å². The fourth-order valence-corrected chi connectivity index (χ4v) is 4.08. The van der Waals surface area contributed by atoms with Crippen molar-refractivity contribution in [2.75, 3.05) is 36.5 Å². The zero-order chi connectivity index (χ0) is 24.6. The van der Waals surface area contributed by atoms with Crippen LogP contribution < -0.4 is 15.8 Å². The maximum atomic E-state index is 14.5. The molecule has 1 aromatic heterocycles. The van der Waals surface area contributed by atoms with Gasteiger partial charge in [-0.1, -0.05) is 11.6 Å². The minimum Gasteiger partial charge on any atom is -0.478 e. The van der Waals surface area contributed by atoms with Gasteiger partial charge in [-0.15, -0.1) is 0 Å². The van der Waals surface area contributed by atoms with Crippen molar-refractivity contribution in [2.24, 2.45) is 0 Å². The number of fused-ring (bicyclic) bond motifs is 1. The van der Waals surface area contributed by atoms with Crippen LogP contribution in [-0.4, -0.2) is 46.9 Å². The molecule has 0 unspecified atom stereocenters. The molecule has 2 heterocycles. The van der Waals surface area contributed by atoms with Gasteiger partial charge < -0.3 is 20.1 Å². The summed E-state index contributed by atoms with van der Waals surface area (Å²) in [5.41, 5.74) is -0.740. The Bertz CT molecular complexity index is 1310. The summed E-state index contributed by atoms with van der Waals surface area (Å²) in [6.45, 7) is -0.511. The average Bonchev–Trinajstić information content (AvgIpc) is 2.80. The zero-order valence-corrected chi connectivity index (χ0v) is 18.7. The molecular weight excluding hydrogens is 477 g/mol. The molecule has 3 aromatic rings. The molecule has 1 aliphatic rings. The Labute approximate surface area is 196 Å². The second-order valence-corrected chi connectivity index (χ2v) is 8.15. The Hall–Kier alpha value is -3.31. The van der Waals surface area contributed by atoms with Crippen LogP contribution >= 0.6 is 11.6 Å². The number of anilines is 2. The Morgan fingerprint density at radius 3 is 2.59 bits per heavy atom. The highest BCUT2D eigenvalue weighted by atomic mass is 35.5. The van der Waals surface area contributed by atoms with E-state index in [4.69, 9.17) is 16.3 Å². The summed E-state index contributed by atoms with van der Waals surface area (Å²) in [4.78, 5) is 30.5. The number of aromatic nitrogens is 2. The van der Waals surface area contributed by atoms with Crippen LogP contribution in [0.15, 0.2) is 35.1 Å². The number of carbonyl (C=O) groups is 1. The molecular formula is C22H20ClF3N4O4. The van der Waals surface area contributed by atoms with Crippen molar-refractivity contribution in [3.8, 4) is 0 Å². The van der Waals surface area contributed by atoms with E-state index in [0.29, 0.717) is 0 Å². The molecule has 0 saturated carbocycles. The van der Waals surface area contributed by atoms with Crippen LogP contribution in [0.4, 0.5) is 24.8 Å². The SMILES string of the molecule is C[C@@H](Nc1ccc(Cl)cc1C(=O)O)c1cc(F)cc2c(=O)n(C(F)F)c(N3CCOCC3)nc12. The molecule has 2 N–H and O–H groups in total. The van der Waals surface area contributed by atoms with Gasteiger partial charge in [0.1, 0.15) is 5.82 Å². The molecule has 0 spiro atoms. The first-order valence-electron chi connectivity index (χ1n) is 10.3. The standard InChI is InChI=1S/C22H20ClF3N4O4/c1-11(27-17-3-2-12(23)8-15(17)20(32)33)14-9-13(24)10-16-18(14)28-22(29-4-6-34-7-5-29)30(19(16)31)21(25)26/h2-3,8-11,21,27H,4-7H2,1H3,(H,32,33)/t11-/m1/s1. The lowest BCUT2D eigenvalue weighted by atomic mass is 10.0. The fraction of sp³-hybridized carbons (Fsp3) is 0.318. The van der Waals surface area contributed by atoms with Gasteiger partial charge >= 0.3 is 12.5 Å². The topological polar surface area (TPSA) is 96.7 Å². The van der Waals surface area contributed by atoms with Crippen molar-refractivity contribution < 1.29 is 27.8 Å². The van der Waals surface area contributed by atoms with Crippen LogP contribution in [0.25, 0.3) is 10.9 Å². The molecule has 2 aromatic carbocycles. The van der Waals surface area contributed by atoms with Crippen LogP contribution in [0.1, 0.15) is 35.4 Å². The Balaban J connectivity index is 1.87. The van der Waals surface area contributed by atoms with Crippen LogP contribution in [0, 0.1) is 5.82 Å². The molecule has 4 rings (SSSR count). The average molecular weight is 497 g/mol. The Morgan fingerprint density at radius 1 is 1.24 bits per heavy atom. The lowest BCUT2D eigenvalue weighted by molar-refractivity contribution is 0.0649. The number of rotatable bonds is 6. The van der Waals surface area contributed by atoms with E-state index >= 15 is 0 Å². The summed E-state index contributed by atoms with van der Waals surface area (Å²) < 4.78 is 47.7. The molecule has 1 atom stereocenters. The number of halogens is 4. The van der Waals surface area contributed by atoms with E-state index in [2.05, 4.69) is 10.3 Å². The molecule has 1 fully saturated rings. The molecule has 180 valence electrons. The Kier molecular flexibility index (Phi) is 6.67. The highest BCUT2D eigenvalue weighted by Gasteiger charge is 2.26. The number of aromatic carboxylic acids is 1. The van der Waals surface area contributed by atoms with Gasteiger partial charge in [0.15, 0.2) is 0 Å².